The van der Waals surface area contributed by atoms with Crippen LogP contribution in [0.4, 0.5) is 0 Å². The summed E-state index contributed by atoms with van der Waals surface area (Å²) in [5.41, 5.74) is 7.36. The lowest BCUT2D eigenvalue weighted by Crippen LogP contribution is -2.37. The molecule has 3 N–H and O–H groups in total. The highest BCUT2D eigenvalue weighted by atomic mass is 16.3. The first kappa shape index (κ1) is 53.6. The Hall–Kier alpha value is -8.40. The Morgan fingerprint density at radius 1 is 0.575 bits per heavy atom. The van der Waals surface area contributed by atoms with E-state index in [0.29, 0.717) is 93.6 Å². The number of furan rings is 3. The predicted molar refractivity (Wildman–Crippen MR) is 297 cm³/mol. The van der Waals surface area contributed by atoms with Crippen LogP contribution in [0.1, 0.15) is 197 Å². The maximum absolute atomic E-state index is 12.9. The molecular formula is C61H69N13O6. The van der Waals surface area contributed by atoms with Gasteiger partial charge in [-0.25, -0.2) is 28.5 Å². The van der Waals surface area contributed by atoms with Crippen molar-refractivity contribution < 1.29 is 27.6 Å². The number of nitrogens with one attached hydrogen (secondary N) is 3. The van der Waals surface area contributed by atoms with Crippen LogP contribution in [0.5, 0.6) is 0 Å². The van der Waals surface area contributed by atoms with Gasteiger partial charge >= 0.3 is 0 Å². The second-order valence-electron chi connectivity index (χ2n) is 22.2. The first-order chi connectivity index (χ1) is 39.1. The summed E-state index contributed by atoms with van der Waals surface area (Å²) in [5.74, 6) is 6.11. The molecule has 9 heterocycles. The van der Waals surface area contributed by atoms with E-state index in [1.807, 2.05) is 54.8 Å². The minimum absolute atomic E-state index is 0.0636. The van der Waals surface area contributed by atoms with Crippen molar-refractivity contribution in [3.63, 3.8) is 0 Å². The molecule has 19 nitrogen and oxygen atoms in total. The minimum atomic E-state index is -0.194. The smallest absolute Gasteiger partial charge is 0.256 e. The van der Waals surface area contributed by atoms with Crippen LogP contribution in [0.3, 0.4) is 0 Å². The largest absolute Gasteiger partial charge is 0.469 e. The standard InChI is InChI=1S/C21H24N4O2.C20H21N5O2.C20H24N4O2/c1-13-11-18(14-4-5-14)25-20(23-13)17(12-22-25)21(26)24-16-8-6-15(7-9-16)19-3-2-10-27-19;1-13-9-16(10-21)25-19(24-13)17(12-23-25)20(26)22-11-14-4-6-15(7-5-14)18-3-2-8-27-18;1-14-8-10-21-19-17(13-23-24(14)19)20(25)22-11-9-15-4-6-16(7-5-15)18-3-2-12-26-18/h2-3,10-12,14-16H,4-9H2,1H3,(H,24,26);2-3,8-9,12,14-15H,4-7,11H2,1H3,(H,22,26);2-3,8,10,12-13,15-16H,4-7,9,11H2,1H3,(H,22,25). The lowest BCUT2D eigenvalue weighted by atomic mass is 9.79. The van der Waals surface area contributed by atoms with Gasteiger partial charge in [-0.1, -0.05) is 0 Å². The van der Waals surface area contributed by atoms with E-state index in [1.54, 1.807) is 54.9 Å². The van der Waals surface area contributed by atoms with Gasteiger partial charge in [-0.2, -0.15) is 20.6 Å². The third-order valence-corrected chi connectivity index (χ3v) is 16.6. The number of aryl methyl sites for hydroxylation is 3. The highest BCUT2D eigenvalue weighted by Gasteiger charge is 2.31. The molecule has 0 unspecified atom stereocenters. The Bertz CT molecular complexity index is 3580. The number of hydrogen-bond donors (Lipinski definition) is 3. The van der Waals surface area contributed by atoms with E-state index >= 15 is 0 Å². The van der Waals surface area contributed by atoms with Gasteiger partial charge in [0.2, 0.25) is 0 Å². The molecule has 0 aromatic carbocycles. The van der Waals surface area contributed by atoms with Gasteiger partial charge in [0, 0.05) is 71.8 Å². The van der Waals surface area contributed by atoms with Crippen LogP contribution in [0, 0.1) is 43.9 Å². The quantitative estimate of drug-likeness (QED) is 0.0974. The third-order valence-electron chi connectivity index (χ3n) is 16.6. The highest BCUT2D eigenvalue weighted by Crippen LogP contribution is 2.41. The molecule has 9 aromatic rings. The van der Waals surface area contributed by atoms with Crippen LogP contribution >= 0.6 is 0 Å². The predicted octanol–water partition coefficient (Wildman–Crippen LogP) is 10.9. The molecule has 19 heteroatoms. The number of rotatable bonds is 13. The third kappa shape index (κ3) is 12.2. The average molecular weight is 1080 g/mol. The normalized spacial score (nSPS) is 21.0. The number of nitrogens with zero attached hydrogens (tertiary/aromatic N) is 10. The van der Waals surface area contributed by atoms with Gasteiger partial charge in [0.25, 0.3) is 17.7 Å². The number of carbonyl (C=O) groups is 3. The molecule has 0 aliphatic heterocycles. The van der Waals surface area contributed by atoms with E-state index in [2.05, 4.69) is 64.4 Å². The highest BCUT2D eigenvalue weighted by molar-refractivity contribution is 6.01. The number of amides is 3. The summed E-state index contributed by atoms with van der Waals surface area (Å²) in [6, 6.07) is 19.9. The molecule has 0 atom stereocenters. The van der Waals surface area contributed by atoms with Crippen LogP contribution in [0.2, 0.25) is 0 Å². The average Bonchev–Trinajstić information content (AvgIpc) is 4.32. The van der Waals surface area contributed by atoms with Crippen molar-refractivity contribution in [1.82, 2.24) is 59.7 Å². The van der Waals surface area contributed by atoms with E-state index in [0.717, 1.165) is 86.5 Å². The summed E-state index contributed by atoms with van der Waals surface area (Å²) in [7, 11) is 0. The Morgan fingerprint density at radius 2 is 1.07 bits per heavy atom. The summed E-state index contributed by atoms with van der Waals surface area (Å²) in [6.45, 7) is 7.06. The van der Waals surface area contributed by atoms with Gasteiger partial charge in [-0.3, -0.25) is 14.4 Å². The minimum Gasteiger partial charge on any atom is -0.469 e. The molecule has 4 saturated carbocycles. The molecule has 0 radical (unpaired) electrons. The lowest BCUT2D eigenvalue weighted by Gasteiger charge is -2.27. The Balaban J connectivity index is 0.000000127. The van der Waals surface area contributed by atoms with Gasteiger partial charge in [0.15, 0.2) is 16.9 Å². The monoisotopic (exact) mass is 1080 g/mol. The molecule has 414 valence electrons. The second kappa shape index (κ2) is 24.3. The van der Waals surface area contributed by atoms with Crippen molar-refractivity contribution >= 4 is 34.7 Å². The topological polar surface area (TPSA) is 241 Å². The Kier molecular flexibility index (Phi) is 16.3. The SMILES string of the molecule is Cc1cc(C#N)n2ncc(C(=O)NCC3CCC(c4ccco4)CC3)c2n1.Cc1cc(C2CC2)n2ncc(C(=O)NC3CCC(c4ccco4)CC3)c2n1.Cc1ccnc2c(C(=O)NCCC3CCC(c4ccco4)CC3)cnn12. The molecular weight excluding hydrogens is 1010 g/mol. The molecule has 4 aliphatic rings. The molecule has 4 aliphatic carbocycles. The van der Waals surface area contributed by atoms with Crippen LogP contribution in [0.25, 0.3) is 16.9 Å². The van der Waals surface area contributed by atoms with Crippen LogP contribution in [-0.4, -0.2) is 80.6 Å². The molecule has 4 fully saturated rings. The fourth-order valence-corrected chi connectivity index (χ4v) is 12.0. The number of hydrogen-bond acceptors (Lipinski definition) is 13. The molecule has 3 amide bonds. The maximum Gasteiger partial charge on any atom is 0.256 e. The van der Waals surface area contributed by atoms with E-state index in [-0.39, 0.29) is 23.8 Å². The second-order valence-corrected chi connectivity index (χ2v) is 22.2. The summed E-state index contributed by atoms with van der Waals surface area (Å²) >= 11 is 0. The summed E-state index contributed by atoms with van der Waals surface area (Å²) in [4.78, 5) is 51.2. The first-order valence-corrected chi connectivity index (χ1v) is 28.4. The van der Waals surface area contributed by atoms with Crippen LogP contribution < -0.4 is 16.0 Å². The van der Waals surface area contributed by atoms with Gasteiger partial charge in [-0.05, 0) is 184 Å². The Labute approximate surface area is 464 Å². The fraction of sp³-hybridized carbons (Fsp3) is 0.443. The molecule has 9 aromatic heterocycles. The van der Waals surface area contributed by atoms with Crippen molar-refractivity contribution in [2.75, 3.05) is 13.1 Å². The summed E-state index contributed by atoms with van der Waals surface area (Å²) in [5, 5.41) is 31.3. The van der Waals surface area contributed by atoms with Gasteiger partial charge in [0.05, 0.1) is 37.4 Å². The number of nitriles is 1. The molecule has 0 saturated heterocycles. The zero-order chi connectivity index (χ0) is 55.1. The fourth-order valence-electron chi connectivity index (χ4n) is 12.0. The van der Waals surface area contributed by atoms with E-state index in [9.17, 15) is 19.6 Å². The van der Waals surface area contributed by atoms with E-state index in [4.69, 9.17) is 13.3 Å². The Morgan fingerprint density at radius 3 is 1.65 bits per heavy atom. The van der Waals surface area contributed by atoms with Crippen molar-refractivity contribution in [2.45, 2.75) is 147 Å². The first-order valence-electron chi connectivity index (χ1n) is 28.4. The lowest BCUT2D eigenvalue weighted by molar-refractivity contribution is 0.0922. The summed E-state index contributed by atoms with van der Waals surface area (Å²) in [6.07, 6.45) is 28.1. The number of fused-ring (bicyclic) bond motifs is 3. The van der Waals surface area contributed by atoms with Crippen molar-refractivity contribution in [3.05, 3.63) is 161 Å². The zero-order valence-electron chi connectivity index (χ0n) is 45.7. The van der Waals surface area contributed by atoms with E-state index in [1.165, 1.54) is 54.9 Å². The van der Waals surface area contributed by atoms with Crippen molar-refractivity contribution in [2.24, 2.45) is 11.8 Å². The molecule has 0 bridgehead atoms. The maximum atomic E-state index is 12.9. The van der Waals surface area contributed by atoms with Gasteiger partial charge in [-0.15, -0.1) is 0 Å². The van der Waals surface area contributed by atoms with Gasteiger partial charge < -0.3 is 29.2 Å². The zero-order valence-corrected chi connectivity index (χ0v) is 45.7. The van der Waals surface area contributed by atoms with Crippen molar-refractivity contribution in [1.29, 1.82) is 5.26 Å². The van der Waals surface area contributed by atoms with Crippen LogP contribution in [0.15, 0.2) is 111 Å². The molecule has 13 rings (SSSR count). The summed E-state index contributed by atoms with van der Waals surface area (Å²) < 4.78 is 21.6. The van der Waals surface area contributed by atoms with Crippen LogP contribution in [-0.2, 0) is 0 Å². The van der Waals surface area contributed by atoms with Crippen molar-refractivity contribution in [3.8, 4) is 6.07 Å². The molecule has 0 spiro atoms. The number of carbonyl (C=O) groups excluding carboxylic acids is 3. The van der Waals surface area contributed by atoms with E-state index < -0.39 is 0 Å². The number of aromatic nitrogens is 9. The van der Waals surface area contributed by atoms with Gasteiger partial charge in [0.1, 0.15) is 45.7 Å². The molecule has 80 heavy (non-hydrogen) atoms.